The van der Waals surface area contributed by atoms with Crippen LogP contribution in [0.25, 0.3) is 0 Å². The van der Waals surface area contributed by atoms with Gasteiger partial charge in [0.05, 0.1) is 7.11 Å². The van der Waals surface area contributed by atoms with Gasteiger partial charge in [-0.1, -0.05) is 36.4 Å². The highest BCUT2D eigenvalue weighted by atomic mass is 16.5. The Bertz CT molecular complexity index is 746. The largest absolute Gasteiger partial charge is 0.497 e. The summed E-state index contributed by atoms with van der Waals surface area (Å²) in [7, 11) is 1.67. The summed E-state index contributed by atoms with van der Waals surface area (Å²) < 4.78 is 5.32. The smallest absolute Gasteiger partial charge is 0.244 e. The normalized spacial score (nSPS) is 19.5. The molecule has 1 saturated heterocycles. The zero-order valence-corrected chi connectivity index (χ0v) is 15.4. The van der Waals surface area contributed by atoms with E-state index in [1.165, 1.54) is 0 Å². The van der Waals surface area contributed by atoms with E-state index in [0.29, 0.717) is 0 Å². The first-order chi connectivity index (χ1) is 12.5. The summed E-state index contributed by atoms with van der Waals surface area (Å²) >= 11 is 0. The van der Waals surface area contributed by atoms with Crippen molar-refractivity contribution >= 4 is 11.6 Å². The molecule has 1 heterocycles. The van der Waals surface area contributed by atoms with Crippen LogP contribution in [0.15, 0.2) is 54.6 Å². The Kier molecular flexibility index (Phi) is 5.47. The van der Waals surface area contributed by atoms with Crippen molar-refractivity contribution in [1.82, 2.24) is 5.32 Å². The maximum Gasteiger partial charge on any atom is 0.244 e. The highest BCUT2D eigenvalue weighted by Gasteiger charge is 2.33. The first-order valence-electron chi connectivity index (χ1n) is 9.05. The lowest BCUT2D eigenvalue weighted by Gasteiger charge is -2.36. The Hall–Kier alpha value is -2.53. The number of ether oxygens (including phenoxy) is 1. The average Bonchev–Trinajstić information content (AvgIpc) is 2.69. The molecule has 1 amide bonds. The minimum atomic E-state index is -1.04. The fourth-order valence-corrected chi connectivity index (χ4v) is 3.39. The summed E-state index contributed by atoms with van der Waals surface area (Å²) in [5.41, 5.74) is 7.23. The zero-order valence-electron chi connectivity index (χ0n) is 15.4. The topological polar surface area (TPSA) is 67.6 Å². The van der Waals surface area contributed by atoms with E-state index < -0.39 is 5.54 Å². The molecule has 3 rings (SSSR count). The van der Waals surface area contributed by atoms with E-state index in [-0.39, 0.29) is 11.9 Å². The molecule has 138 valence electrons. The van der Waals surface area contributed by atoms with Crippen LogP contribution in [0.5, 0.6) is 5.75 Å². The van der Waals surface area contributed by atoms with Gasteiger partial charge in [0.25, 0.3) is 0 Å². The van der Waals surface area contributed by atoms with E-state index in [4.69, 9.17) is 10.5 Å². The predicted octanol–water partition coefficient (Wildman–Crippen LogP) is 2.65. The predicted molar refractivity (Wildman–Crippen MR) is 104 cm³/mol. The van der Waals surface area contributed by atoms with Crippen LogP contribution < -0.4 is 20.7 Å². The SMILES string of the molecule is COc1cccc(N2CCCC(NC(=O)C(C)(N)c3ccccc3)C2)c1. The monoisotopic (exact) mass is 353 g/mol. The van der Waals surface area contributed by atoms with Crippen LogP contribution in [0.3, 0.4) is 0 Å². The standard InChI is InChI=1S/C21H27N3O2/c1-21(22,16-8-4-3-5-9-16)20(25)23-17-10-7-13-24(15-17)18-11-6-12-19(14-18)26-2/h3-6,8-9,11-12,14,17H,7,10,13,15,22H2,1-2H3,(H,23,25). The van der Waals surface area contributed by atoms with Crippen LogP contribution in [0.2, 0.25) is 0 Å². The molecule has 5 heteroatoms. The number of benzene rings is 2. The van der Waals surface area contributed by atoms with E-state index in [2.05, 4.69) is 16.3 Å². The number of nitrogens with zero attached hydrogens (tertiary/aromatic N) is 1. The maximum atomic E-state index is 12.8. The number of piperidine rings is 1. The van der Waals surface area contributed by atoms with Gasteiger partial charge in [-0.3, -0.25) is 4.79 Å². The van der Waals surface area contributed by atoms with Crippen molar-refractivity contribution in [2.75, 3.05) is 25.1 Å². The molecular formula is C21H27N3O2. The lowest BCUT2D eigenvalue weighted by molar-refractivity contribution is -0.126. The van der Waals surface area contributed by atoms with Gasteiger partial charge in [-0.25, -0.2) is 0 Å². The van der Waals surface area contributed by atoms with Crippen LogP contribution >= 0.6 is 0 Å². The van der Waals surface area contributed by atoms with E-state index in [0.717, 1.165) is 42.9 Å². The molecule has 26 heavy (non-hydrogen) atoms. The van der Waals surface area contributed by atoms with Crippen LogP contribution in [0.1, 0.15) is 25.3 Å². The molecule has 0 radical (unpaired) electrons. The number of hydrogen-bond acceptors (Lipinski definition) is 4. The molecule has 0 spiro atoms. The number of anilines is 1. The molecule has 0 bridgehead atoms. The maximum absolute atomic E-state index is 12.8. The highest BCUT2D eigenvalue weighted by Crippen LogP contribution is 2.25. The summed E-state index contributed by atoms with van der Waals surface area (Å²) in [4.78, 5) is 15.1. The van der Waals surface area contributed by atoms with Crippen molar-refractivity contribution in [3.8, 4) is 5.75 Å². The van der Waals surface area contributed by atoms with Crippen molar-refractivity contribution in [3.63, 3.8) is 0 Å². The van der Waals surface area contributed by atoms with E-state index >= 15 is 0 Å². The van der Waals surface area contributed by atoms with Gasteiger partial charge in [-0.05, 0) is 37.5 Å². The average molecular weight is 353 g/mol. The number of rotatable bonds is 5. The second-order valence-electron chi connectivity index (χ2n) is 7.03. The van der Waals surface area contributed by atoms with Crippen molar-refractivity contribution < 1.29 is 9.53 Å². The molecule has 2 unspecified atom stereocenters. The first-order valence-corrected chi connectivity index (χ1v) is 9.05. The van der Waals surface area contributed by atoms with Crippen LogP contribution in [0.4, 0.5) is 5.69 Å². The molecule has 2 aromatic rings. The minimum Gasteiger partial charge on any atom is -0.497 e. The Morgan fingerprint density at radius 2 is 2.00 bits per heavy atom. The van der Waals surface area contributed by atoms with Gasteiger partial charge in [0, 0.05) is 30.9 Å². The summed E-state index contributed by atoms with van der Waals surface area (Å²) in [6, 6.07) is 17.6. The van der Waals surface area contributed by atoms with Gasteiger partial charge in [-0.2, -0.15) is 0 Å². The quantitative estimate of drug-likeness (QED) is 0.867. The Balaban J connectivity index is 1.67. The van der Waals surface area contributed by atoms with Crippen LogP contribution in [-0.4, -0.2) is 32.1 Å². The number of nitrogens with two attached hydrogens (primary N) is 1. The fraction of sp³-hybridized carbons (Fsp3) is 0.381. The van der Waals surface area contributed by atoms with Gasteiger partial charge in [0.15, 0.2) is 0 Å². The molecule has 0 saturated carbocycles. The molecule has 2 atom stereocenters. The summed E-state index contributed by atoms with van der Waals surface area (Å²) in [6.45, 7) is 3.50. The van der Waals surface area contributed by atoms with Gasteiger partial charge in [-0.15, -0.1) is 0 Å². The molecule has 1 aliphatic rings. The van der Waals surface area contributed by atoms with Crippen LogP contribution in [-0.2, 0) is 10.3 Å². The third kappa shape index (κ3) is 3.99. The van der Waals surface area contributed by atoms with Crippen molar-refractivity contribution in [1.29, 1.82) is 0 Å². The third-order valence-electron chi connectivity index (χ3n) is 5.02. The molecule has 1 fully saturated rings. The van der Waals surface area contributed by atoms with Crippen molar-refractivity contribution in [3.05, 3.63) is 60.2 Å². The summed E-state index contributed by atoms with van der Waals surface area (Å²) in [6.07, 6.45) is 1.98. The highest BCUT2D eigenvalue weighted by molar-refractivity contribution is 5.87. The number of amides is 1. The number of carbonyl (C=O) groups excluding carboxylic acids is 1. The van der Waals surface area contributed by atoms with E-state index in [9.17, 15) is 4.79 Å². The van der Waals surface area contributed by atoms with Gasteiger partial charge in [0.1, 0.15) is 11.3 Å². The van der Waals surface area contributed by atoms with Gasteiger partial charge >= 0.3 is 0 Å². The first kappa shape index (κ1) is 18.3. The molecular weight excluding hydrogens is 326 g/mol. The number of hydrogen-bond donors (Lipinski definition) is 2. The van der Waals surface area contributed by atoms with Crippen LogP contribution in [0, 0.1) is 0 Å². The second kappa shape index (κ2) is 7.79. The van der Waals surface area contributed by atoms with E-state index in [1.807, 2.05) is 48.5 Å². The summed E-state index contributed by atoms with van der Waals surface area (Å²) in [5, 5.41) is 3.15. The lowest BCUT2D eigenvalue weighted by atomic mass is 9.91. The summed E-state index contributed by atoms with van der Waals surface area (Å²) in [5.74, 6) is 0.702. The molecule has 1 aliphatic heterocycles. The second-order valence-corrected chi connectivity index (χ2v) is 7.03. The Morgan fingerprint density at radius 1 is 1.23 bits per heavy atom. The Morgan fingerprint density at radius 3 is 2.73 bits per heavy atom. The van der Waals surface area contributed by atoms with E-state index in [1.54, 1.807) is 14.0 Å². The third-order valence-corrected chi connectivity index (χ3v) is 5.02. The Labute approximate surface area is 155 Å². The minimum absolute atomic E-state index is 0.0778. The molecule has 0 aliphatic carbocycles. The zero-order chi connectivity index (χ0) is 18.6. The van der Waals surface area contributed by atoms with Gasteiger partial charge < -0.3 is 20.7 Å². The van der Waals surface area contributed by atoms with Crippen molar-refractivity contribution in [2.45, 2.75) is 31.3 Å². The number of nitrogens with one attached hydrogen (secondary N) is 1. The molecule has 0 aromatic heterocycles. The number of methoxy groups -OCH3 is 1. The lowest BCUT2D eigenvalue weighted by Crippen LogP contribution is -2.55. The molecule has 3 N–H and O–H groups in total. The van der Waals surface area contributed by atoms with Crippen molar-refractivity contribution in [2.24, 2.45) is 5.73 Å². The van der Waals surface area contributed by atoms with Gasteiger partial charge in [0.2, 0.25) is 5.91 Å². The molecule has 5 nitrogen and oxygen atoms in total. The molecule has 2 aromatic carbocycles. The number of carbonyl (C=O) groups is 1. The fourth-order valence-electron chi connectivity index (χ4n) is 3.39.